The molecule has 0 aliphatic rings. The fourth-order valence-electron chi connectivity index (χ4n) is 1.83. The highest BCUT2D eigenvalue weighted by Gasteiger charge is 2.30. The summed E-state index contributed by atoms with van der Waals surface area (Å²) in [6.45, 7) is 7.96. The smallest absolute Gasteiger partial charge is 0.345 e. The Hall–Kier alpha value is -1.34. The molecule has 6 heteroatoms. The van der Waals surface area contributed by atoms with Gasteiger partial charge in [0.05, 0.1) is 13.2 Å². The first-order valence-electron chi connectivity index (χ1n) is 6.66. The zero-order valence-electron chi connectivity index (χ0n) is 12.4. The van der Waals surface area contributed by atoms with Gasteiger partial charge in [-0.15, -0.1) is 0 Å². The number of hydrogen-bond donors (Lipinski definition) is 0. The Labute approximate surface area is 120 Å². The highest BCUT2D eigenvalue weighted by atomic mass is 31.2. The summed E-state index contributed by atoms with van der Waals surface area (Å²) >= 11 is 0. The Balaban J connectivity index is 3.23. The van der Waals surface area contributed by atoms with Crippen molar-refractivity contribution in [3.8, 4) is 6.07 Å². The van der Waals surface area contributed by atoms with E-state index >= 15 is 0 Å². The second-order valence-electron chi connectivity index (χ2n) is 4.41. The van der Waals surface area contributed by atoms with E-state index in [9.17, 15) is 9.83 Å². The Morgan fingerprint density at radius 2 is 2.05 bits per heavy atom. The van der Waals surface area contributed by atoms with E-state index in [1.807, 2.05) is 42.8 Å². The summed E-state index contributed by atoms with van der Waals surface area (Å²) in [5.41, 5.74) is 0.802. The van der Waals surface area contributed by atoms with Gasteiger partial charge in [-0.05, 0) is 45.9 Å². The third kappa shape index (κ3) is 3.83. The first-order chi connectivity index (χ1) is 9.48. The zero-order chi connectivity index (χ0) is 15.2. The van der Waals surface area contributed by atoms with Gasteiger partial charge in [-0.1, -0.05) is 0 Å². The minimum atomic E-state index is -3.53. The predicted molar refractivity (Wildman–Crippen MR) is 79.3 cm³/mol. The second kappa shape index (κ2) is 7.44. The van der Waals surface area contributed by atoms with Gasteiger partial charge in [-0.25, -0.2) is 0 Å². The topological polar surface area (TPSA) is 64.2 Å². The van der Waals surface area contributed by atoms with E-state index in [0.29, 0.717) is 0 Å². The van der Waals surface area contributed by atoms with Gasteiger partial charge in [0.1, 0.15) is 11.4 Å². The molecular weight excluding hydrogens is 275 g/mol. The van der Waals surface area contributed by atoms with Crippen LogP contribution in [0.15, 0.2) is 23.6 Å². The molecule has 1 heterocycles. The van der Waals surface area contributed by atoms with Crippen LogP contribution in [-0.2, 0) is 13.6 Å². The summed E-state index contributed by atoms with van der Waals surface area (Å²) in [6, 6.07) is 5.94. The number of aromatic nitrogens is 1. The first kappa shape index (κ1) is 16.7. The van der Waals surface area contributed by atoms with E-state index in [1.165, 1.54) is 0 Å². The minimum absolute atomic E-state index is 0.0294. The lowest BCUT2D eigenvalue weighted by Crippen LogP contribution is -2.02. The van der Waals surface area contributed by atoms with Gasteiger partial charge in [0.15, 0.2) is 0 Å². The Bertz CT molecular complexity index is 545. The molecule has 0 radical (unpaired) electrons. The van der Waals surface area contributed by atoms with Gasteiger partial charge >= 0.3 is 7.60 Å². The number of nitrogens with zero attached hydrogens (tertiary/aromatic N) is 2. The molecule has 1 rings (SSSR count). The van der Waals surface area contributed by atoms with Crippen molar-refractivity contribution in [1.29, 1.82) is 5.26 Å². The molecule has 0 N–H and O–H groups in total. The molecule has 0 spiro atoms. The van der Waals surface area contributed by atoms with Crippen LogP contribution >= 0.6 is 7.60 Å². The van der Waals surface area contributed by atoms with Crippen molar-refractivity contribution in [1.82, 2.24) is 4.57 Å². The summed E-state index contributed by atoms with van der Waals surface area (Å²) in [6.07, 6.45) is 3.49. The van der Waals surface area contributed by atoms with E-state index in [-0.39, 0.29) is 24.6 Å². The average Bonchev–Trinajstić information content (AvgIpc) is 2.84. The van der Waals surface area contributed by atoms with Crippen LogP contribution in [0.25, 0.3) is 6.08 Å². The van der Waals surface area contributed by atoms with Crippen molar-refractivity contribution in [3.63, 3.8) is 0 Å². The SMILES string of the molecule is CCOP(=O)(OCC)/C(C#N)=C/c1cccn1C(C)C. The van der Waals surface area contributed by atoms with Crippen molar-refractivity contribution in [2.24, 2.45) is 0 Å². The van der Waals surface area contributed by atoms with Gasteiger partial charge in [-0.3, -0.25) is 4.57 Å². The minimum Gasteiger partial charge on any atom is -0.345 e. The number of hydrogen-bond acceptors (Lipinski definition) is 4. The van der Waals surface area contributed by atoms with E-state index < -0.39 is 7.60 Å². The number of nitriles is 1. The molecule has 1 aromatic rings. The van der Waals surface area contributed by atoms with Crippen LogP contribution in [0.1, 0.15) is 39.4 Å². The Morgan fingerprint density at radius 1 is 1.45 bits per heavy atom. The molecule has 0 amide bonds. The van der Waals surface area contributed by atoms with Crippen molar-refractivity contribution < 1.29 is 13.6 Å². The maximum absolute atomic E-state index is 12.6. The quantitative estimate of drug-likeness (QED) is 0.558. The van der Waals surface area contributed by atoms with E-state index in [1.54, 1.807) is 19.9 Å². The van der Waals surface area contributed by atoms with E-state index in [4.69, 9.17) is 9.05 Å². The van der Waals surface area contributed by atoms with Gasteiger partial charge in [0.25, 0.3) is 0 Å². The molecule has 0 atom stereocenters. The molecule has 110 valence electrons. The van der Waals surface area contributed by atoms with Crippen molar-refractivity contribution >= 4 is 13.7 Å². The summed E-state index contributed by atoms with van der Waals surface area (Å²) in [4.78, 5) is 0. The monoisotopic (exact) mass is 296 g/mol. The maximum Gasteiger partial charge on any atom is 0.371 e. The van der Waals surface area contributed by atoms with Gasteiger partial charge < -0.3 is 13.6 Å². The molecule has 1 aromatic heterocycles. The fourth-order valence-corrected chi connectivity index (χ4v) is 3.27. The molecule has 0 aliphatic carbocycles. The van der Waals surface area contributed by atoms with E-state index in [2.05, 4.69) is 0 Å². The third-order valence-electron chi connectivity index (χ3n) is 2.66. The fraction of sp³-hybridized carbons (Fsp3) is 0.500. The summed E-state index contributed by atoms with van der Waals surface area (Å²) < 4.78 is 25.0. The molecule has 5 nitrogen and oxygen atoms in total. The Kier molecular flexibility index (Phi) is 6.22. The molecule has 0 fully saturated rings. The highest BCUT2D eigenvalue weighted by Crippen LogP contribution is 2.56. The normalized spacial score (nSPS) is 12.7. The summed E-state index contributed by atoms with van der Waals surface area (Å²) in [5, 5.41) is 9.31. The van der Waals surface area contributed by atoms with Crippen LogP contribution in [0.5, 0.6) is 0 Å². The molecule has 0 aliphatic heterocycles. The van der Waals surface area contributed by atoms with E-state index in [0.717, 1.165) is 5.69 Å². The highest BCUT2D eigenvalue weighted by molar-refractivity contribution is 7.59. The molecule has 0 saturated heterocycles. The lowest BCUT2D eigenvalue weighted by Gasteiger charge is -2.16. The van der Waals surface area contributed by atoms with Gasteiger partial charge in [0.2, 0.25) is 0 Å². The number of allylic oxidation sites excluding steroid dienone is 1. The maximum atomic E-state index is 12.6. The predicted octanol–water partition coefficient (Wildman–Crippen LogP) is 4.20. The Morgan fingerprint density at radius 3 is 2.50 bits per heavy atom. The molecule has 20 heavy (non-hydrogen) atoms. The summed E-state index contributed by atoms with van der Waals surface area (Å²) in [7, 11) is -3.53. The largest absolute Gasteiger partial charge is 0.371 e. The van der Waals surface area contributed by atoms with Crippen molar-refractivity contribution in [3.05, 3.63) is 29.3 Å². The summed E-state index contributed by atoms with van der Waals surface area (Å²) in [5.74, 6) is 0. The third-order valence-corrected chi connectivity index (χ3v) is 4.68. The van der Waals surface area contributed by atoms with Crippen LogP contribution in [0.2, 0.25) is 0 Å². The first-order valence-corrected chi connectivity index (χ1v) is 8.21. The standard InChI is InChI=1S/C14H21N2O3P/c1-5-18-20(17,19-6-2)14(11-15)10-13-8-7-9-16(13)12(3)4/h7-10,12H,5-6H2,1-4H3/b14-10+. The van der Waals surface area contributed by atoms with Gasteiger partial charge in [-0.2, -0.15) is 5.26 Å². The van der Waals surface area contributed by atoms with Crippen LogP contribution in [-0.4, -0.2) is 17.8 Å². The van der Waals surface area contributed by atoms with Crippen LogP contribution in [0, 0.1) is 11.3 Å². The molecule has 0 aromatic carbocycles. The van der Waals surface area contributed by atoms with Gasteiger partial charge in [0, 0.05) is 17.9 Å². The molecule has 0 bridgehead atoms. The van der Waals surface area contributed by atoms with Crippen LogP contribution in [0.3, 0.4) is 0 Å². The molecule has 0 unspecified atom stereocenters. The van der Waals surface area contributed by atoms with Crippen LogP contribution in [0.4, 0.5) is 0 Å². The van der Waals surface area contributed by atoms with Crippen molar-refractivity contribution in [2.75, 3.05) is 13.2 Å². The number of rotatable bonds is 7. The molecule has 0 saturated carbocycles. The zero-order valence-corrected chi connectivity index (χ0v) is 13.3. The average molecular weight is 296 g/mol. The lowest BCUT2D eigenvalue weighted by molar-refractivity contribution is 0.227. The van der Waals surface area contributed by atoms with Crippen molar-refractivity contribution in [2.45, 2.75) is 33.7 Å². The lowest BCUT2D eigenvalue weighted by atomic mass is 10.3. The molecular formula is C14H21N2O3P. The second-order valence-corrected chi connectivity index (χ2v) is 6.40. The van der Waals surface area contributed by atoms with Crippen LogP contribution < -0.4 is 0 Å².